The summed E-state index contributed by atoms with van der Waals surface area (Å²) in [5.74, 6) is 0.307. The lowest BCUT2D eigenvalue weighted by atomic mass is 9.94. The van der Waals surface area contributed by atoms with Crippen molar-refractivity contribution in [2.24, 2.45) is 11.8 Å². The molecule has 0 bridgehead atoms. The van der Waals surface area contributed by atoms with Crippen molar-refractivity contribution in [1.29, 1.82) is 0 Å². The Morgan fingerprint density at radius 1 is 1.06 bits per heavy atom. The molecule has 9 heteroatoms. The number of nitrogens with one attached hydrogen (secondary N) is 2. The lowest BCUT2D eigenvalue weighted by Crippen LogP contribution is -2.42. The molecule has 0 radical (unpaired) electrons. The number of fused-ring (bicyclic) bond motifs is 1. The number of carbonyl (C=O) groups is 1. The van der Waals surface area contributed by atoms with Gasteiger partial charge in [-0.1, -0.05) is 31.3 Å². The SMILES string of the molecule is Cc1ccc2sc(NNC(=O)c3ccc(S(=O)(=O)N4C[C@H](C)C[C@H](C)C4)cc3)nc2c1C. The summed E-state index contributed by atoms with van der Waals surface area (Å²) < 4.78 is 28.6. The second kappa shape index (κ2) is 8.80. The van der Waals surface area contributed by atoms with Gasteiger partial charge in [0.05, 0.1) is 15.1 Å². The number of amides is 1. The van der Waals surface area contributed by atoms with Crippen LogP contribution in [-0.2, 0) is 10.0 Å². The number of aromatic nitrogens is 1. The van der Waals surface area contributed by atoms with Gasteiger partial charge in [-0.2, -0.15) is 4.31 Å². The lowest BCUT2D eigenvalue weighted by Gasteiger charge is -2.34. The van der Waals surface area contributed by atoms with Gasteiger partial charge in [-0.25, -0.2) is 13.4 Å². The predicted octanol–water partition coefficient (Wildman–Crippen LogP) is 4.34. The van der Waals surface area contributed by atoms with E-state index in [1.165, 1.54) is 41.2 Å². The van der Waals surface area contributed by atoms with Crippen LogP contribution < -0.4 is 10.9 Å². The molecule has 3 aromatic rings. The van der Waals surface area contributed by atoms with Crippen LogP contribution in [0.1, 0.15) is 41.8 Å². The largest absolute Gasteiger partial charge is 0.273 e. The predicted molar refractivity (Wildman–Crippen MR) is 128 cm³/mol. The Kier molecular flexibility index (Phi) is 6.24. The minimum Gasteiger partial charge on any atom is -0.273 e. The fourth-order valence-electron chi connectivity index (χ4n) is 4.19. The van der Waals surface area contributed by atoms with Crippen LogP contribution >= 0.6 is 11.3 Å². The molecule has 32 heavy (non-hydrogen) atoms. The van der Waals surface area contributed by atoms with Crippen molar-refractivity contribution in [3.63, 3.8) is 0 Å². The van der Waals surface area contributed by atoms with Gasteiger partial charge in [-0.05, 0) is 73.6 Å². The van der Waals surface area contributed by atoms with Gasteiger partial charge < -0.3 is 0 Å². The van der Waals surface area contributed by atoms with E-state index in [4.69, 9.17) is 0 Å². The normalized spacial score (nSPS) is 19.8. The van der Waals surface area contributed by atoms with E-state index in [0.717, 1.165) is 22.2 Å². The van der Waals surface area contributed by atoms with Gasteiger partial charge in [-0.15, -0.1) is 0 Å². The van der Waals surface area contributed by atoms with Gasteiger partial charge in [0.25, 0.3) is 5.91 Å². The monoisotopic (exact) mass is 472 g/mol. The van der Waals surface area contributed by atoms with Crippen LogP contribution in [0.3, 0.4) is 0 Å². The number of rotatable bonds is 5. The number of nitrogens with zero attached hydrogens (tertiary/aromatic N) is 2. The first-order chi connectivity index (χ1) is 15.1. The minimum atomic E-state index is -3.57. The minimum absolute atomic E-state index is 0.209. The molecular formula is C23H28N4O3S2. The Morgan fingerprint density at radius 3 is 2.38 bits per heavy atom. The zero-order chi connectivity index (χ0) is 23.0. The van der Waals surface area contributed by atoms with E-state index in [1.807, 2.05) is 19.9 Å². The number of anilines is 1. The van der Waals surface area contributed by atoms with Gasteiger partial charge in [0, 0.05) is 18.7 Å². The molecule has 0 aliphatic carbocycles. The number of thiazole rings is 1. The number of hydrogen-bond acceptors (Lipinski definition) is 6. The summed E-state index contributed by atoms with van der Waals surface area (Å²) in [5, 5.41) is 0.592. The molecule has 4 rings (SSSR count). The molecule has 1 saturated heterocycles. The molecule has 1 fully saturated rings. The van der Waals surface area contributed by atoms with Crippen LogP contribution in [0.25, 0.3) is 10.2 Å². The average Bonchev–Trinajstić information content (AvgIpc) is 3.18. The van der Waals surface area contributed by atoms with E-state index in [-0.39, 0.29) is 10.8 Å². The second-order valence-electron chi connectivity index (χ2n) is 8.74. The van der Waals surface area contributed by atoms with E-state index in [9.17, 15) is 13.2 Å². The van der Waals surface area contributed by atoms with Crippen molar-refractivity contribution in [1.82, 2.24) is 14.7 Å². The van der Waals surface area contributed by atoms with Crippen LogP contribution in [-0.4, -0.2) is 36.7 Å². The molecule has 7 nitrogen and oxygen atoms in total. The average molecular weight is 473 g/mol. The molecule has 2 atom stereocenters. The van der Waals surface area contributed by atoms with Crippen molar-refractivity contribution in [2.45, 2.75) is 39.0 Å². The second-order valence-corrected chi connectivity index (χ2v) is 11.7. The number of sulfonamides is 1. The number of hydrazine groups is 1. The smallest absolute Gasteiger partial charge is 0.269 e. The third kappa shape index (κ3) is 4.51. The summed E-state index contributed by atoms with van der Waals surface area (Å²) in [7, 11) is -3.57. The molecule has 0 spiro atoms. The number of carbonyl (C=O) groups excluding carboxylic acids is 1. The van der Waals surface area contributed by atoms with Crippen LogP contribution in [0.15, 0.2) is 41.3 Å². The van der Waals surface area contributed by atoms with Crippen LogP contribution in [0.2, 0.25) is 0 Å². The highest BCUT2D eigenvalue weighted by Gasteiger charge is 2.31. The highest BCUT2D eigenvalue weighted by Crippen LogP contribution is 2.29. The first-order valence-electron chi connectivity index (χ1n) is 10.7. The maximum absolute atomic E-state index is 13.0. The lowest BCUT2D eigenvalue weighted by molar-refractivity contribution is 0.0962. The highest BCUT2D eigenvalue weighted by atomic mass is 32.2. The summed E-state index contributed by atoms with van der Waals surface area (Å²) in [6.07, 6.45) is 1.03. The molecule has 2 heterocycles. The maximum Gasteiger partial charge on any atom is 0.269 e. The Morgan fingerprint density at radius 2 is 1.72 bits per heavy atom. The standard InChI is InChI=1S/C23H28N4O3S2/c1-14-11-15(2)13-27(12-14)32(29,30)19-8-6-18(7-9-19)22(28)25-26-23-24-21-17(4)16(3)5-10-20(21)31-23/h5-10,14-15H,11-13H2,1-4H3,(H,24,26)(H,25,28)/t14-,15+. The van der Waals surface area contributed by atoms with Crippen LogP contribution in [0, 0.1) is 25.7 Å². The number of benzene rings is 2. The first-order valence-corrected chi connectivity index (χ1v) is 12.9. The summed E-state index contributed by atoms with van der Waals surface area (Å²) in [5.41, 5.74) is 9.08. The van der Waals surface area contributed by atoms with Crippen LogP contribution in [0.5, 0.6) is 0 Å². The molecule has 2 N–H and O–H groups in total. The van der Waals surface area contributed by atoms with Gasteiger partial charge in [-0.3, -0.25) is 15.6 Å². The Labute approximate surface area is 192 Å². The quantitative estimate of drug-likeness (QED) is 0.539. The fourth-order valence-corrected chi connectivity index (χ4v) is 6.75. The van der Waals surface area contributed by atoms with Crippen molar-refractivity contribution >= 4 is 42.6 Å². The molecule has 0 saturated carbocycles. The molecular weight excluding hydrogens is 444 g/mol. The van der Waals surface area contributed by atoms with Crippen molar-refractivity contribution in [2.75, 3.05) is 18.5 Å². The number of piperidine rings is 1. The van der Waals surface area contributed by atoms with Gasteiger partial charge >= 0.3 is 0 Å². The van der Waals surface area contributed by atoms with E-state index < -0.39 is 10.0 Å². The summed E-state index contributed by atoms with van der Waals surface area (Å²) in [6.45, 7) is 9.28. The molecule has 1 amide bonds. The molecule has 1 aliphatic heterocycles. The summed E-state index contributed by atoms with van der Waals surface area (Å²) >= 11 is 1.46. The zero-order valence-corrected chi connectivity index (χ0v) is 20.3. The third-order valence-electron chi connectivity index (χ3n) is 5.96. The first kappa shape index (κ1) is 22.7. The Hall–Kier alpha value is -2.49. The van der Waals surface area contributed by atoms with E-state index in [1.54, 1.807) is 4.31 Å². The molecule has 2 aromatic carbocycles. The molecule has 0 unspecified atom stereocenters. The van der Waals surface area contributed by atoms with Crippen molar-refractivity contribution in [3.05, 3.63) is 53.1 Å². The topological polar surface area (TPSA) is 91.4 Å². The Bertz CT molecular complexity index is 1240. The number of hydrogen-bond donors (Lipinski definition) is 2. The van der Waals surface area contributed by atoms with Crippen molar-refractivity contribution < 1.29 is 13.2 Å². The Balaban J connectivity index is 1.44. The van der Waals surface area contributed by atoms with Gasteiger partial charge in [0.2, 0.25) is 15.2 Å². The van der Waals surface area contributed by atoms with Gasteiger partial charge in [0.15, 0.2) is 0 Å². The zero-order valence-electron chi connectivity index (χ0n) is 18.7. The summed E-state index contributed by atoms with van der Waals surface area (Å²) in [6, 6.07) is 10.1. The van der Waals surface area contributed by atoms with Gasteiger partial charge in [0.1, 0.15) is 0 Å². The van der Waals surface area contributed by atoms with Crippen LogP contribution in [0.4, 0.5) is 5.13 Å². The van der Waals surface area contributed by atoms with E-state index in [0.29, 0.717) is 35.6 Å². The molecule has 1 aliphatic rings. The van der Waals surface area contributed by atoms with E-state index >= 15 is 0 Å². The maximum atomic E-state index is 13.0. The summed E-state index contributed by atoms with van der Waals surface area (Å²) in [4.78, 5) is 17.3. The number of aryl methyl sites for hydroxylation is 2. The molecule has 1 aromatic heterocycles. The van der Waals surface area contributed by atoms with Crippen molar-refractivity contribution in [3.8, 4) is 0 Å². The van der Waals surface area contributed by atoms with E-state index in [2.05, 4.69) is 35.7 Å². The third-order valence-corrected chi connectivity index (χ3v) is 8.74. The highest BCUT2D eigenvalue weighted by molar-refractivity contribution is 7.89. The molecule has 170 valence electrons. The fraction of sp³-hybridized carbons (Fsp3) is 0.391.